The lowest BCUT2D eigenvalue weighted by Gasteiger charge is -2.47. The van der Waals surface area contributed by atoms with Gasteiger partial charge in [0.2, 0.25) is 5.96 Å². The van der Waals surface area contributed by atoms with E-state index in [2.05, 4.69) is 4.99 Å². The van der Waals surface area contributed by atoms with Gasteiger partial charge < -0.3 is 25.1 Å². The van der Waals surface area contributed by atoms with E-state index in [1.807, 2.05) is 6.19 Å². The van der Waals surface area contributed by atoms with Crippen LogP contribution in [0.2, 0.25) is 5.02 Å². The zero-order valence-electron chi connectivity index (χ0n) is 16.8. The Bertz CT molecular complexity index is 958. The molecule has 0 fully saturated rings. The fourth-order valence-corrected chi connectivity index (χ4v) is 3.71. The van der Waals surface area contributed by atoms with E-state index in [0.29, 0.717) is 22.0 Å². The van der Waals surface area contributed by atoms with Crippen LogP contribution in [0.5, 0.6) is 5.75 Å². The monoisotopic (exact) mass is 430 g/mol. The second-order valence-electron chi connectivity index (χ2n) is 6.93. The van der Waals surface area contributed by atoms with Crippen LogP contribution < -0.4 is 10.5 Å². The standard InChI is InChI=1S/C21H23ClN4O4/c1-21(19(28-2)29-3)18(27)17(15-6-4-5-7-16(15)30-21)26(12-23)20(24)25-14-10-8-13(22)9-11-14/h4-11,17-19,27H,1-3H3,(H2,24,25). The summed E-state index contributed by atoms with van der Waals surface area (Å²) in [5.74, 6) is 0.392. The molecular weight excluding hydrogens is 408 g/mol. The van der Waals surface area contributed by atoms with Gasteiger partial charge in [0, 0.05) is 24.8 Å². The van der Waals surface area contributed by atoms with Gasteiger partial charge in [-0.05, 0) is 37.3 Å². The number of hydrogen-bond donors (Lipinski definition) is 2. The minimum absolute atomic E-state index is 0.0886. The van der Waals surface area contributed by atoms with E-state index in [4.69, 9.17) is 31.5 Å². The Kier molecular flexibility index (Phi) is 6.48. The number of aliphatic hydroxyl groups is 1. The Morgan fingerprint density at radius 2 is 1.90 bits per heavy atom. The molecule has 158 valence electrons. The van der Waals surface area contributed by atoms with Crippen molar-refractivity contribution in [2.75, 3.05) is 14.2 Å². The number of ether oxygens (including phenoxy) is 3. The number of para-hydroxylation sites is 1. The summed E-state index contributed by atoms with van der Waals surface area (Å²) in [5.41, 5.74) is 5.97. The number of aliphatic imine (C=N–C) groups is 1. The van der Waals surface area contributed by atoms with Crippen molar-refractivity contribution in [1.29, 1.82) is 5.26 Å². The average Bonchev–Trinajstić information content (AvgIpc) is 2.74. The van der Waals surface area contributed by atoms with Gasteiger partial charge in [0.15, 0.2) is 18.1 Å². The van der Waals surface area contributed by atoms with Crippen molar-refractivity contribution >= 4 is 23.2 Å². The molecule has 3 unspecified atom stereocenters. The van der Waals surface area contributed by atoms with E-state index in [9.17, 15) is 10.4 Å². The van der Waals surface area contributed by atoms with Crippen LogP contribution in [0.25, 0.3) is 0 Å². The van der Waals surface area contributed by atoms with E-state index in [-0.39, 0.29) is 5.96 Å². The first kappa shape index (κ1) is 21.9. The minimum Gasteiger partial charge on any atom is -0.479 e. The highest BCUT2D eigenvalue weighted by Gasteiger charge is 2.54. The molecule has 0 saturated carbocycles. The molecule has 0 bridgehead atoms. The smallest absolute Gasteiger partial charge is 0.210 e. The predicted octanol–water partition coefficient (Wildman–Crippen LogP) is 2.94. The van der Waals surface area contributed by atoms with Crippen LogP contribution in [0.1, 0.15) is 18.5 Å². The number of hydrogen-bond acceptors (Lipinski definition) is 6. The van der Waals surface area contributed by atoms with Crippen LogP contribution in [0, 0.1) is 11.5 Å². The molecule has 0 aliphatic carbocycles. The number of nitriles is 1. The summed E-state index contributed by atoms with van der Waals surface area (Å²) < 4.78 is 16.8. The van der Waals surface area contributed by atoms with Crippen molar-refractivity contribution in [3.8, 4) is 11.9 Å². The summed E-state index contributed by atoms with van der Waals surface area (Å²) in [4.78, 5) is 5.47. The van der Waals surface area contributed by atoms with Crippen LogP contribution in [-0.4, -0.2) is 48.2 Å². The summed E-state index contributed by atoms with van der Waals surface area (Å²) in [5, 5.41) is 21.8. The number of methoxy groups -OCH3 is 2. The fourth-order valence-electron chi connectivity index (χ4n) is 3.59. The summed E-state index contributed by atoms with van der Waals surface area (Å²) in [6, 6.07) is 12.9. The van der Waals surface area contributed by atoms with E-state index < -0.39 is 24.0 Å². The van der Waals surface area contributed by atoms with Crippen molar-refractivity contribution in [3.05, 3.63) is 59.1 Å². The number of aliphatic hydroxyl groups excluding tert-OH is 1. The Hall–Kier alpha value is -2.83. The topological polar surface area (TPSA) is 113 Å². The highest BCUT2D eigenvalue weighted by atomic mass is 35.5. The molecule has 0 saturated heterocycles. The maximum absolute atomic E-state index is 11.3. The van der Waals surface area contributed by atoms with Gasteiger partial charge in [-0.25, -0.2) is 9.89 Å². The molecule has 2 aromatic carbocycles. The quantitative estimate of drug-likeness (QED) is 0.246. The van der Waals surface area contributed by atoms with E-state index in [0.717, 1.165) is 4.90 Å². The van der Waals surface area contributed by atoms with Gasteiger partial charge in [-0.1, -0.05) is 29.8 Å². The van der Waals surface area contributed by atoms with Crippen LogP contribution in [0.4, 0.5) is 5.69 Å². The van der Waals surface area contributed by atoms with Crippen molar-refractivity contribution < 1.29 is 19.3 Å². The number of fused-ring (bicyclic) bond motifs is 1. The Morgan fingerprint density at radius 3 is 2.50 bits per heavy atom. The number of nitrogens with two attached hydrogens (primary N) is 1. The molecule has 1 aliphatic heterocycles. The molecule has 3 atom stereocenters. The second kappa shape index (κ2) is 8.90. The summed E-state index contributed by atoms with van der Waals surface area (Å²) in [6.07, 6.45) is -0.103. The number of benzene rings is 2. The molecule has 0 radical (unpaired) electrons. The molecular formula is C21H23ClN4O4. The third-order valence-corrected chi connectivity index (χ3v) is 5.31. The Labute approximate surface area is 180 Å². The average molecular weight is 431 g/mol. The van der Waals surface area contributed by atoms with Gasteiger partial charge in [0.05, 0.1) is 5.69 Å². The molecule has 0 amide bonds. The molecule has 1 aliphatic rings. The highest BCUT2D eigenvalue weighted by molar-refractivity contribution is 6.30. The van der Waals surface area contributed by atoms with Gasteiger partial charge >= 0.3 is 0 Å². The van der Waals surface area contributed by atoms with E-state index >= 15 is 0 Å². The van der Waals surface area contributed by atoms with Crippen molar-refractivity contribution in [2.24, 2.45) is 10.7 Å². The summed E-state index contributed by atoms with van der Waals surface area (Å²) in [6.45, 7) is 1.65. The first-order valence-corrected chi connectivity index (χ1v) is 9.53. The van der Waals surface area contributed by atoms with Gasteiger partial charge in [-0.3, -0.25) is 0 Å². The SMILES string of the molecule is COC(OC)C1(C)Oc2ccccc2C(N(C#N)C(N)=Nc2ccc(Cl)cc2)C1O. The fraction of sp³-hybridized carbons (Fsp3) is 0.333. The number of rotatable bonds is 5. The van der Waals surface area contributed by atoms with Gasteiger partial charge in [0.1, 0.15) is 17.9 Å². The minimum atomic E-state index is -1.32. The van der Waals surface area contributed by atoms with Gasteiger partial charge in [-0.15, -0.1) is 0 Å². The molecule has 3 N–H and O–H groups in total. The maximum atomic E-state index is 11.3. The second-order valence-corrected chi connectivity index (χ2v) is 7.37. The van der Waals surface area contributed by atoms with Crippen molar-refractivity contribution in [2.45, 2.75) is 31.0 Å². The lowest BCUT2D eigenvalue weighted by atomic mass is 9.84. The largest absolute Gasteiger partial charge is 0.479 e. The highest BCUT2D eigenvalue weighted by Crippen LogP contribution is 2.44. The lowest BCUT2D eigenvalue weighted by Crippen LogP contribution is -2.62. The molecule has 2 aromatic rings. The molecule has 30 heavy (non-hydrogen) atoms. The predicted molar refractivity (Wildman–Crippen MR) is 112 cm³/mol. The maximum Gasteiger partial charge on any atom is 0.210 e. The number of nitrogens with zero attached hydrogens (tertiary/aromatic N) is 3. The molecule has 9 heteroatoms. The summed E-state index contributed by atoms with van der Waals surface area (Å²) >= 11 is 5.91. The zero-order chi connectivity index (χ0) is 21.9. The van der Waals surface area contributed by atoms with Gasteiger partial charge in [0.25, 0.3) is 0 Å². The van der Waals surface area contributed by atoms with E-state index in [1.54, 1.807) is 55.5 Å². The molecule has 0 spiro atoms. The van der Waals surface area contributed by atoms with Crippen LogP contribution in [0.15, 0.2) is 53.5 Å². The Balaban J connectivity index is 2.08. The first-order valence-electron chi connectivity index (χ1n) is 9.16. The third kappa shape index (κ3) is 3.93. The molecule has 8 nitrogen and oxygen atoms in total. The van der Waals surface area contributed by atoms with Crippen LogP contribution in [-0.2, 0) is 9.47 Å². The van der Waals surface area contributed by atoms with Crippen molar-refractivity contribution in [1.82, 2.24) is 4.90 Å². The first-order chi connectivity index (χ1) is 14.3. The number of guanidine groups is 1. The van der Waals surface area contributed by atoms with Gasteiger partial charge in [-0.2, -0.15) is 5.26 Å². The number of halogens is 1. The summed E-state index contributed by atoms with van der Waals surface area (Å²) in [7, 11) is 2.90. The Morgan fingerprint density at radius 1 is 1.27 bits per heavy atom. The van der Waals surface area contributed by atoms with Crippen molar-refractivity contribution in [3.63, 3.8) is 0 Å². The van der Waals surface area contributed by atoms with Crippen LogP contribution in [0.3, 0.4) is 0 Å². The zero-order valence-corrected chi connectivity index (χ0v) is 17.6. The lowest BCUT2D eigenvalue weighted by molar-refractivity contribution is -0.241. The van der Waals surface area contributed by atoms with Crippen LogP contribution >= 0.6 is 11.6 Å². The molecule has 0 aromatic heterocycles. The normalized spacial score (nSPS) is 23.4. The molecule has 3 rings (SSSR count). The third-order valence-electron chi connectivity index (χ3n) is 5.05. The van der Waals surface area contributed by atoms with E-state index in [1.165, 1.54) is 14.2 Å². The molecule has 1 heterocycles.